The standard InChI is InChI=1S/C13H27NO/c1-4-6-7-12(5-2)10-14-13-8-9-15-11(13)3/h11-14H,4-10H2,1-3H3/t11-,12-,13+/m1/s1. The van der Waals surface area contributed by atoms with E-state index in [-0.39, 0.29) is 0 Å². The third-order valence-corrected chi connectivity index (χ3v) is 3.59. The van der Waals surface area contributed by atoms with Crippen LogP contribution in [0.2, 0.25) is 0 Å². The zero-order valence-corrected chi connectivity index (χ0v) is 10.6. The number of ether oxygens (including phenoxy) is 1. The molecule has 1 aliphatic rings. The Morgan fingerprint density at radius 3 is 2.73 bits per heavy atom. The molecule has 2 heteroatoms. The maximum absolute atomic E-state index is 5.55. The molecule has 1 aliphatic heterocycles. The Labute approximate surface area is 94.8 Å². The summed E-state index contributed by atoms with van der Waals surface area (Å²) in [6, 6.07) is 0.598. The van der Waals surface area contributed by atoms with E-state index in [1.54, 1.807) is 0 Å². The molecule has 15 heavy (non-hydrogen) atoms. The first-order valence-electron chi connectivity index (χ1n) is 6.62. The van der Waals surface area contributed by atoms with Crippen LogP contribution in [0, 0.1) is 5.92 Å². The largest absolute Gasteiger partial charge is 0.377 e. The molecule has 0 amide bonds. The van der Waals surface area contributed by atoms with Crippen molar-refractivity contribution in [2.75, 3.05) is 13.2 Å². The summed E-state index contributed by atoms with van der Waals surface area (Å²) in [7, 11) is 0. The fourth-order valence-electron chi connectivity index (χ4n) is 2.26. The predicted octanol–water partition coefficient (Wildman–Crippen LogP) is 2.97. The Kier molecular flexibility index (Phi) is 6.26. The van der Waals surface area contributed by atoms with Gasteiger partial charge in [-0.3, -0.25) is 0 Å². The van der Waals surface area contributed by atoms with E-state index in [1.165, 1.54) is 38.6 Å². The number of rotatable bonds is 7. The van der Waals surface area contributed by atoms with Crippen molar-refractivity contribution < 1.29 is 4.74 Å². The maximum Gasteiger partial charge on any atom is 0.0700 e. The van der Waals surface area contributed by atoms with Crippen LogP contribution in [0.4, 0.5) is 0 Å². The molecule has 1 heterocycles. The molecular formula is C13H27NO. The Bertz CT molecular complexity index is 161. The van der Waals surface area contributed by atoms with Crippen molar-refractivity contribution in [3.05, 3.63) is 0 Å². The normalized spacial score (nSPS) is 28.2. The van der Waals surface area contributed by atoms with Crippen molar-refractivity contribution in [1.82, 2.24) is 5.32 Å². The van der Waals surface area contributed by atoms with Gasteiger partial charge in [-0.15, -0.1) is 0 Å². The molecule has 0 aromatic rings. The molecule has 90 valence electrons. The SMILES string of the molecule is CCCC[C@@H](CC)CN[C@H]1CCO[C@@H]1C. The topological polar surface area (TPSA) is 21.3 Å². The van der Waals surface area contributed by atoms with Crippen molar-refractivity contribution in [3.63, 3.8) is 0 Å². The second-order valence-corrected chi connectivity index (χ2v) is 4.80. The van der Waals surface area contributed by atoms with Crippen LogP contribution < -0.4 is 5.32 Å². The van der Waals surface area contributed by atoms with E-state index in [9.17, 15) is 0 Å². The van der Waals surface area contributed by atoms with Crippen molar-refractivity contribution >= 4 is 0 Å². The van der Waals surface area contributed by atoms with Crippen molar-refractivity contribution in [2.45, 2.75) is 65.0 Å². The number of hydrogen-bond acceptors (Lipinski definition) is 2. The molecule has 0 radical (unpaired) electrons. The van der Waals surface area contributed by atoms with Gasteiger partial charge in [-0.25, -0.2) is 0 Å². The van der Waals surface area contributed by atoms with Gasteiger partial charge in [0.1, 0.15) is 0 Å². The lowest BCUT2D eigenvalue weighted by Gasteiger charge is -2.20. The van der Waals surface area contributed by atoms with Gasteiger partial charge >= 0.3 is 0 Å². The molecule has 0 spiro atoms. The van der Waals surface area contributed by atoms with Gasteiger partial charge < -0.3 is 10.1 Å². The summed E-state index contributed by atoms with van der Waals surface area (Å²) in [6.07, 6.45) is 6.97. The molecule has 0 bridgehead atoms. The van der Waals surface area contributed by atoms with Gasteiger partial charge in [-0.2, -0.15) is 0 Å². The van der Waals surface area contributed by atoms with E-state index in [0.717, 1.165) is 12.5 Å². The van der Waals surface area contributed by atoms with Crippen LogP contribution in [0.5, 0.6) is 0 Å². The van der Waals surface area contributed by atoms with Crippen LogP contribution >= 0.6 is 0 Å². The molecule has 0 aromatic heterocycles. The molecule has 1 N–H and O–H groups in total. The smallest absolute Gasteiger partial charge is 0.0700 e. The zero-order valence-electron chi connectivity index (χ0n) is 10.6. The van der Waals surface area contributed by atoms with Gasteiger partial charge in [-0.05, 0) is 32.2 Å². The van der Waals surface area contributed by atoms with Gasteiger partial charge in [-0.1, -0.05) is 33.1 Å². The summed E-state index contributed by atoms with van der Waals surface area (Å²) < 4.78 is 5.55. The van der Waals surface area contributed by atoms with Crippen LogP contribution in [-0.2, 0) is 4.74 Å². The first kappa shape index (κ1) is 13.0. The van der Waals surface area contributed by atoms with E-state index >= 15 is 0 Å². The highest BCUT2D eigenvalue weighted by atomic mass is 16.5. The van der Waals surface area contributed by atoms with E-state index in [1.807, 2.05) is 0 Å². The first-order chi connectivity index (χ1) is 7.27. The molecular weight excluding hydrogens is 186 g/mol. The monoisotopic (exact) mass is 213 g/mol. The van der Waals surface area contributed by atoms with Crippen molar-refractivity contribution in [3.8, 4) is 0 Å². The molecule has 1 rings (SSSR count). The van der Waals surface area contributed by atoms with Gasteiger partial charge in [0.25, 0.3) is 0 Å². The average Bonchev–Trinajstić information content (AvgIpc) is 2.65. The van der Waals surface area contributed by atoms with Crippen LogP contribution in [-0.4, -0.2) is 25.3 Å². The van der Waals surface area contributed by atoms with Crippen LogP contribution in [0.25, 0.3) is 0 Å². The summed E-state index contributed by atoms with van der Waals surface area (Å²) in [5, 5.41) is 3.67. The fraction of sp³-hybridized carbons (Fsp3) is 1.00. The Balaban J connectivity index is 2.15. The molecule has 0 aromatic carbocycles. The van der Waals surface area contributed by atoms with E-state index in [4.69, 9.17) is 4.74 Å². The zero-order chi connectivity index (χ0) is 11.1. The average molecular weight is 213 g/mol. The fourth-order valence-corrected chi connectivity index (χ4v) is 2.26. The minimum Gasteiger partial charge on any atom is -0.377 e. The Morgan fingerprint density at radius 2 is 2.20 bits per heavy atom. The van der Waals surface area contributed by atoms with Gasteiger partial charge in [0.2, 0.25) is 0 Å². The van der Waals surface area contributed by atoms with Gasteiger partial charge in [0, 0.05) is 12.6 Å². The molecule has 3 atom stereocenters. The van der Waals surface area contributed by atoms with E-state index < -0.39 is 0 Å². The highest BCUT2D eigenvalue weighted by molar-refractivity contribution is 4.79. The van der Waals surface area contributed by atoms with Crippen LogP contribution in [0.15, 0.2) is 0 Å². The lowest BCUT2D eigenvalue weighted by Crippen LogP contribution is -2.37. The minimum atomic E-state index is 0.411. The molecule has 2 nitrogen and oxygen atoms in total. The molecule has 1 saturated heterocycles. The lowest BCUT2D eigenvalue weighted by molar-refractivity contribution is 0.112. The highest BCUT2D eigenvalue weighted by Crippen LogP contribution is 2.15. The molecule has 1 fully saturated rings. The molecule has 0 aliphatic carbocycles. The van der Waals surface area contributed by atoms with Crippen LogP contribution in [0.3, 0.4) is 0 Å². The number of unbranched alkanes of at least 4 members (excludes halogenated alkanes) is 1. The Morgan fingerprint density at radius 1 is 1.40 bits per heavy atom. The quantitative estimate of drug-likeness (QED) is 0.702. The predicted molar refractivity (Wildman–Crippen MR) is 65.1 cm³/mol. The molecule has 0 saturated carbocycles. The van der Waals surface area contributed by atoms with Gasteiger partial charge in [0.15, 0.2) is 0 Å². The van der Waals surface area contributed by atoms with Crippen LogP contribution in [0.1, 0.15) is 52.9 Å². The maximum atomic E-state index is 5.55. The number of nitrogens with one attached hydrogen (secondary N) is 1. The third kappa shape index (κ3) is 4.52. The summed E-state index contributed by atoms with van der Waals surface area (Å²) >= 11 is 0. The lowest BCUT2D eigenvalue weighted by atomic mass is 9.98. The second kappa shape index (κ2) is 7.24. The third-order valence-electron chi connectivity index (χ3n) is 3.59. The highest BCUT2D eigenvalue weighted by Gasteiger charge is 2.23. The van der Waals surface area contributed by atoms with Crippen molar-refractivity contribution in [1.29, 1.82) is 0 Å². The first-order valence-corrected chi connectivity index (χ1v) is 6.62. The number of hydrogen-bond donors (Lipinski definition) is 1. The second-order valence-electron chi connectivity index (χ2n) is 4.80. The molecule has 0 unspecified atom stereocenters. The Hall–Kier alpha value is -0.0800. The summed E-state index contributed by atoms with van der Waals surface area (Å²) in [6.45, 7) is 8.86. The summed E-state index contributed by atoms with van der Waals surface area (Å²) in [4.78, 5) is 0. The summed E-state index contributed by atoms with van der Waals surface area (Å²) in [5.41, 5.74) is 0. The van der Waals surface area contributed by atoms with E-state index in [0.29, 0.717) is 12.1 Å². The van der Waals surface area contributed by atoms with E-state index in [2.05, 4.69) is 26.1 Å². The van der Waals surface area contributed by atoms with Gasteiger partial charge in [0.05, 0.1) is 6.10 Å². The minimum absolute atomic E-state index is 0.411. The van der Waals surface area contributed by atoms with Crippen molar-refractivity contribution in [2.24, 2.45) is 5.92 Å². The summed E-state index contributed by atoms with van der Waals surface area (Å²) in [5.74, 6) is 0.859.